The van der Waals surface area contributed by atoms with Crippen molar-refractivity contribution in [2.45, 2.75) is 43.8 Å². The smallest absolute Gasteiger partial charge is 0.258 e. The Bertz CT molecular complexity index is 1250. The maximum Gasteiger partial charge on any atom is 0.258 e. The summed E-state index contributed by atoms with van der Waals surface area (Å²) >= 11 is 0. The largest absolute Gasteiger partial charge is 0.508 e. The summed E-state index contributed by atoms with van der Waals surface area (Å²) in [5.41, 5.74) is 2.83. The molecular formula is C30H32FN3O2. The van der Waals surface area contributed by atoms with Gasteiger partial charge in [0, 0.05) is 60.4 Å². The highest BCUT2D eigenvalue weighted by Crippen LogP contribution is 2.42. The zero-order chi connectivity index (χ0) is 25.2. The molecule has 2 heterocycles. The van der Waals surface area contributed by atoms with Crippen molar-refractivity contribution < 1.29 is 14.3 Å². The number of hydrogen-bond donors (Lipinski definition) is 1. The molecule has 0 aromatic heterocycles. The number of halogens is 1. The van der Waals surface area contributed by atoms with Gasteiger partial charge in [0.15, 0.2) is 0 Å². The number of piperidine rings is 1. The van der Waals surface area contributed by atoms with Crippen LogP contribution in [-0.2, 0) is 0 Å². The van der Waals surface area contributed by atoms with Gasteiger partial charge in [-0.15, -0.1) is 6.58 Å². The molecule has 2 aliphatic heterocycles. The van der Waals surface area contributed by atoms with Crippen LogP contribution in [0, 0.1) is 5.82 Å². The number of carbonyl (C=O) groups is 1. The van der Waals surface area contributed by atoms with Crippen molar-refractivity contribution in [3.05, 3.63) is 96.8 Å². The Morgan fingerprint density at radius 1 is 1.00 bits per heavy atom. The van der Waals surface area contributed by atoms with Crippen LogP contribution in [-0.4, -0.2) is 47.6 Å². The van der Waals surface area contributed by atoms with Gasteiger partial charge in [0.25, 0.3) is 5.91 Å². The first kappa shape index (κ1) is 24.1. The molecule has 2 fully saturated rings. The van der Waals surface area contributed by atoms with Crippen LogP contribution >= 0.6 is 0 Å². The lowest BCUT2D eigenvalue weighted by molar-refractivity contribution is 0.0993. The van der Waals surface area contributed by atoms with Gasteiger partial charge in [-0.3, -0.25) is 9.69 Å². The number of fused-ring (bicyclic) bond motifs is 2. The molecule has 5 nitrogen and oxygen atoms in total. The van der Waals surface area contributed by atoms with Crippen LogP contribution in [0.1, 0.15) is 36.0 Å². The fourth-order valence-electron chi connectivity index (χ4n) is 5.90. The Labute approximate surface area is 212 Å². The number of aromatic hydroxyl groups is 1. The highest BCUT2D eigenvalue weighted by molar-refractivity contribution is 6.06. The Morgan fingerprint density at radius 2 is 1.64 bits per heavy atom. The van der Waals surface area contributed by atoms with Gasteiger partial charge in [0.2, 0.25) is 0 Å². The predicted molar refractivity (Wildman–Crippen MR) is 143 cm³/mol. The average molecular weight is 486 g/mol. The second-order valence-corrected chi connectivity index (χ2v) is 9.78. The normalized spacial score (nSPS) is 21.2. The van der Waals surface area contributed by atoms with E-state index in [0.29, 0.717) is 23.3 Å². The molecule has 186 valence electrons. The van der Waals surface area contributed by atoms with E-state index in [-0.39, 0.29) is 23.5 Å². The summed E-state index contributed by atoms with van der Waals surface area (Å²) in [6.07, 6.45) is 6.35. The minimum Gasteiger partial charge on any atom is -0.508 e. The molecule has 3 aromatic carbocycles. The number of anilines is 3. The maximum atomic E-state index is 13.8. The van der Waals surface area contributed by atoms with Crippen LogP contribution in [0.4, 0.5) is 21.5 Å². The Hall–Kier alpha value is -3.64. The summed E-state index contributed by atoms with van der Waals surface area (Å²) in [6, 6.07) is 22.2. The summed E-state index contributed by atoms with van der Waals surface area (Å²) in [6.45, 7) is 4.85. The van der Waals surface area contributed by atoms with Crippen LogP contribution in [0.5, 0.6) is 5.75 Å². The lowest BCUT2D eigenvalue weighted by Gasteiger charge is -2.44. The number of carbonyl (C=O) groups excluding carboxylic acids is 1. The van der Waals surface area contributed by atoms with Crippen molar-refractivity contribution in [1.82, 2.24) is 4.90 Å². The summed E-state index contributed by atoms with van der Waals surface area (Å²) in [5.74, 6) is -0.379. The summed E-state index contributed by atoms with van der Waals surface area (Å²) in [7, 11) is 1.66. The van der Waals surface area contributed by atoms with E-state index in [4.69, 9.17) is 0 Å². The number of nitrogens with zero attached hydrogens (tertiary/aromatic N) is 3. The van der Waals surface area contributed by atoms with Crippen molar-refractivity contribution in [3.8, 4) is 5.75 Å². The number of phenols is 1. The molecule has 2 unspecified atom stereocenters. The average Bonchev–Trinajstić information content (AvgIpc) is 3.10. The molecule has 2 bridgehead atoms. The third-order valence-corrected chi connectivity index (χ3v) is 7.54. The van der Waals surface area contributed by atoms with Crippen LogP contribution in [0.15, 0.2) is 85.5 Å². The topological polar surface area (TPSA) is 47.0 Å². The van der Waals surface area contributed by atoms with Crippen LogP contribution in [0.3, 0.4) is 0 Å². The summed E-state index contributed by atoms with van der Waals surface area (Å²) in [5, 5.41) is 10.3. The molecule has 0 saturated carbocycles. The van der Waals surface area contributed by atoms with Gasteiger partial charge in [-0.05, 0) is 74.2 Å². The van der Waals surface area contributed by atoms with Gasteiger partial charge in [-0.25, -0.2) is 4.39 Å². The molecule has 1 amide bonds. The van der Waals surface area contributed by atoms with E-state index in [1.165, 1.54) is 29.9 Å². The number of rotatable bonds is 7. The van der Waals surface area contributed by atoms with Gasteiger partial charge in [-0.1, -0.05) is 24.3 Å². The van der Waals surface area contributed by atoms with Gasteiger partial charge >= 0.3 is 0 Å². The van der Waals surface area contributed by atoms with Gasteiger partial charge in [0.05, 0.1) is 0 Å². The third kappa shape index (κ3) is 4.73. The fraction of sp³-hybridized carbons (Fsp3) is 0.300. The van der Waals surface area contributed by atoms with Gasteiger partial charge in [0.1, 0.15) is 11.6 Å². The number of amides is 1. The molecule has 5 rings (SSSR count). The van der Waals surface area contributed by atoms with Crippen molar-refractivity contribution in [2.24, 2.45) is 0 Å². The first-order chi connectivity index (χ1) is 17.4. The first-order valence-corrected chi connectivity index (χ1v) is 12.5. The predicted octanol–water partition coefficient (Wildman–Crippen LogP) is 6.13. The monoisotopic (exact) mass is 485 g/mol. The van der Waals surface area contributed by atoms with Crippen molar-refractivity contribution in [1.29, 1.82) is 0 Å². The molecule has 0 spiro atoms. The van der Waals surface area contributed by atoms with Crippen molar-refractivity contribution in [2.75, 3.05) is 23.4 Å². The molecule has 2 saturated heterocycles. The molecule has 6 heteroatoms. The van der Waals surface area contributed by atoms with E-state index < -0.39 is 0 Å². The van der Waals surface area contributed by atoms with E-state index in [0.717, 1.165) is 30.8 Å². The highest BCUT2D eigenvalue weighted by Gasteiger charge is 2.42. The lowest BCUT2D eigenvalue weighted by atomic mass is 9.94. The van der Waals surface area contributed by atoms with E-state index in [1.54, 1.807) is 37.4 Å². The minimum absolute atomic E-state index is 0.209. The SMILES string of the molecule is C=CCN1C2CCC1CC(N(c1cccc(O)c1)c1cccc(C(=O)N(C)c3cccc(F)c3)c1)C2. The quantitative estimate of drug-likeness (QED) is 0.409. The van der Waals surface area contributed by atoms with Crippen LogP contribution in [0.2, 0.25) is 0 Å². The van der Waals surface area contributed by atoms with E-state index >= 15 is 0 Å². The number of benzene rings is 3. The minimum atomic E-state index is -0.381. The molecule has 2 aliphatic rings. The van der Waals surface area contributed by atoms with Crippen molar-refractivity contribution >= 4 is 23.0 Å². The second kappa shape index (κ2) is 10.2. The van der Waals surface area contributed by atoms with Crippen molar-refractivity contribution in [3.63, 3.8) is 0 Å². The van der Waals surface area contributed by atoms with Gasteiger partial charge < -0.3 is 14.9 Å². The van der Waals surface area contributed by atoms with Crippen LogP contribution < -0.4 is 9.80 Å². The maximum absolute atomic E-state index is 13.8. The zero-order valence-electron chi connectivity index (χ0n) is 20.6. The Kier molecular flexibility index (Phi) is 6.79. The second-order valence-electron chi connectivity index (χ2n) is 9.78. The Morgan fingerprint density at radius 3 is 2.31 bits per heavy atom. The molecule has 0 radical (unpaired) electrons. The summed E-state index contributed by atoms with van der Waals surface area (Å²) < 4.78 is 13.8. The molecule has 1 N–H and O–H groups in total. The fourth-order valence-corrected chi connectivity index (χ4v) is 5.90. The Balaban J connectivity index is 1.48. The van der Waals surface area contributed by atoms with Crippen LogP contribution in [0.25, 0.3) is 0 Å². The number of hydrogen-bond acceptors (Lipinski definition) is 4. The molecule has 2 atom stereocenters. The number of phenolic OH excluding ortho intramolecular Hbond substituents is 1. The molecule has 3 aromatic rings. The van der Waals surface area contributed by atoms with E-state index in [1.807, 2.05) is 36.4 Å². The standard InChI is InChI=1S/C30H32FN3O2/c1-3-15-33-24-13-14-25(33)19-28(18-24)34(27-11-6-12-29(35)20-27)26-10-4-7-21(16-26)30(36)32(2)23-9-5-8-22(31)17-23/h3-12,16-17,20,24-25,28,35H,1,13-15,18-19H2,2H3. The molecule has 0 aliphatic carbocycles. The lowest BCUT2D eigenvalue weighted by Crippen LogP contribution is -2.49. The highest BCUT2D eigenvalue weighted by atomic mass is 19.1. The zero-order valence-corrected chi connectivity index (χ0v) is 20.6. The van der Waals surface area contributed by atoms with E-state index in [9.17, 15) is 14.3 Å². The first-order valence-electron chi connectivity index (χ1n) is 12.5. The van der Waals surface area contributed by atoms with Gasteiger partial charge in [-0.2, -0.15) is 0 Å². The third-order valence-electron chi connectivity index (χ3n) is 7.54. The van der Waals surface area contributed by atoms with E-state index in [2.05, 4.69) is 16.4 Å². The summed E-state index contributed by atoms with van der Waals surface area (Å²) in [4.78, 5) is 19.7. The molecular weight excluding hydrogens is 453 g/mol. The molecule has 36 heavy (non-hydrogen) atoms.